The fourth-order valence-electron chi connectivity index (χ4n) is 1.73. The van der Waals surface area contributed by atoms with Crippen molar-refractivity contribution in [2.75, 3.05) is 12.3 Å². The highest BCUT2D eigenvalue weighted by Gasteiger charge is 2.10. The maximum absolute atomic E-state index is 5.80. The van der Waals surface area contributed by atoms with Gasteiger partial charge in [-0.1, -0.05) is 30.3 Å². The van der Waals surface area contributed by atoms with Crippen molar-refractivity contribution in [3.05, 3.63) is 48.0 Å². The van der Waals surface area contributed by atoms with Gasteiger partial charge >= 0.3 is 0 Å². The Morgan fingerprint density at radius 1 is 1.16 bits per heavy atom. The molecule has 1 heterocycles. The Balaban J connectivity index is 2.13. The second kappa shape index (κ2) is 6.09. The average Bonchev–Trinajstić information content (AvgIpc) is 2.44. The molecule has 19 heavy (non-hydrogen) atoms. The van der Waals surface area contributed by atoms with E-state index in [0.717, 1.165) is 5.56 Å². The molecule has 2 aromatic rings. The van der Waals surface area contributed by atoms with Gasteiger partial charge in [0.25, 0.3) is 0 Å². The molecular formula is C15H18N2O2. The first kappa shape index (κ1) is 13.2. The van der Waals surface area contributed by atoms with Crippen molar-refractivity contribution in [2.24, 2.45) is 0 Å². The molecule has 1 aromatic carbocycles. The van der Waals surface area contributed by atoms with E-state index in [-0.39, 0.29) is 6.10 Å². The number of nitrogen functional groups attached to an aromatic ring is 1. The Labute approximate surface area is 113 Å². The summed E-state index contributed by atoms with van der Waals surface area (Å²) in [4.78, 5) is 4.26. The van der Waals surface area contributed by atoms with E-state index in [0.29, 0.717) is 24.1 Å². The number of benzene rings is 1. The summed E-state index contributed by atoms with van der Waals surface area (Å²) in [5, 5.41) is 0. The standard InChI is InChI=1S/C15H18N2O2/c1-3-18-15-13(16)9-10-14(17-15)19-11(2)12-7-5-4-6-8-12/h4-11H,3,16H2,1-2H3. The molecule has 2 rings (SSSR count). The van der Waals surface area contributed by atoms with Crippen molar-refractivity contribution < 1.29 is 9.47 Å². The van der Waals surface area contributed by atoms with E-state index < -0.39 is 0 Å². The van der Waals surface area contributed by atoms with E-state index in [1.807, 2.05) is 44.2 Å². The van der Waals surface area contributed by atoms with Crippen LogP contribution in [0.2, 0.25) is 0 Å². The molecule has 0 bridgehead atoms. The molecule has 0 spiro atoms. The van der Waals surface area contributed by atoms with Crippen LogP contribution in [0.15, 0.2) is 42.5 Å². The molecular weight excluding hydrogens is 240 g/mol. The maximum atomic E-state index is 5.80. The monoisotopic (exact) mass is 258 g/mol. The molecule has 1 atom stereocenters. The van der Waals surface area contributed by atoms with Gasteiger partial charge in [-0.2, -0.15) is 4.98 Å². The van der Waals surface area contributed by atoms with E-state index in [1.54, 1.807) is 12.1 Å². The third-order valence-electron chi connectivity index (χ3n) is 2.71. The Hall–Kier alpha value is -2.23. The van der Waals surface area contributed by atoms with Gasteiger partial charge in [0.2, 0.25) is 11.8 Å². The molecule has 1 aromatic heterocycles. The number of aromatic nitrogens is 1. The first-order valence-electron chi connectivity index (χ1n) is 6.31. The normalized spacial score (nSPS) is 11.9. The molecule has 4 heteroatoms. The number of rotatable bonds is 5. The lowest BCUT2D eigenvalue weighted by Crippen LogP contribution is -2.06. The second-order valence-corrected chi connectivity index (χ2v) is 4.15. The van der Waals surface area contributed by atoms with Crippen molar-refractivity contribution in [1.82, 2.24) is 4.98 Å². The number of nitrogens with two attached hydrogens (primary N) is 1. The Morgan fingerprint density at radius 2 is 1.89 bits per heavy atom. The zero-order chi connectivity index (χ0) is 13.7. The summed E-state index contributed by atoms with van der Waals surface area (Å²) in [7, 11) is 0. The second-order valence-electron chi connectivity index (χ2n) is 4.15. The van der Waals surface area contributed by atoms with Gasteiger partial charge in [0.1, 0.15) is 6.10 Å². The fraction of sp³-hybridized carbons (Fsp3) is 0.267. The summed E-state index contributed by atoms with van der Waals surface area (Å²) in [6.07, 6.45) is -0.0770. The van der Waals surface area contributed by atoms with Gasteiger partial charge in [0.05, 0.1) is 12.3 Å². The maximum Gasteiger partial charge on any atom is 0.240 e. The third-order valence-corrected chi connectivity index (χ3v) is 2.71. The highest BCUT2D eigenvalue weighted by Crippen LogP contribution is 2.25. The number of hydrogen-bond donors (Lipinski definition) is 1. The molecule has 0 saturated carbocycles. The van der Waals surface area contributed by atoms with Gasteiger partial charge in [-0.15, -0.1) is 0 Å². The molecule has 0 aliphatic heterocycles. The van der Waals surface area contributed by atoms with Crippen LogP contribution in [0.5, 0.6) is 11.8 Å². The first-order valence-corrected chi connectivity index (χ1v) is 6.31. The van der Waals surface area contributed by atoms with Gasteiger partial charge < -0.3 is 15.2 Å². The Kier molecular flexibility index (Phi) is 4.23. The minimum atomic E-state index is -0.0770. The molecule has 0 aliphatic carbocycles. The molecule has 4 nitrogen and oxygen atoms in total. The largest absolute Gasteiger partial charge is 0.476 e. The average molecular weight is 258 g/mol. The van der Waals surface area contributed by atoms with E-state index in [4.69, 9.17) is 15.2 Å². The quantitative estimate of drug-likeness (QED) is 0.894. The van der Waals surface area contributed by atoms with Gasteiger partial charge in [-0.3, -0.25) is 0 Å². The lowest BCUT2D eigenvalue weighted by molar-refractivity contribution is 0.213. The van der Waals surface area contributed by atoms with Crippen LogP contribution in [0, 0.1) is 0 Å². The molecule has 0 fully saturated rings. The van der Waals surface area contributed by atoms with Crippen LogP contribution in [-0.4, -0.2) is 11.6 Å². The number of anilines is 1. The molecule has 0 aliphatic rings. The Morgan fingerprint density at radius 3 is 2.58 bits per heavy atom. The van der Waals surface area contributed by atoms with Crippen LogP contribution in [0.1, 0.15) is 25.5 Å². The van der Waals surface area contributed by atoms with Crippen LogP contribution >= 0.6 is 0 Å². The number of pyridine rings is 1. The fourth-order valence-corrected chi connectivity index (χ4v) is 1.73. The van der Waals surface area contributed by atoms with Crippen molar-refractivity contribution >= 4 is 5.69 Å². The topological polar surface area (TPSA) is 57.4 Å². The number of nitrogens with zero attached hydrogens (tertiary/aromatic N) is 1. The van der Waals surface area contributed by atoms with Gasteiger partial charge in [-0.05, 0) is 25.5 Å². The van der Waals surface area contributed by atoms with Crippen molar-refractivity contribution in [3.63, 3.8) is 0 Å². The van der Waals surface area contributed by atoms with Crippen LogP contribution in [0.4, 0.5) is 5.69 Å². The van der Waals surface area contributed by atoms with Crippen LogP contribution in [-0.2, 0) is 0 Å². The minimum absolute atomic E-state index is 0.0770. The van der Waals surface area contributed by atoms with E-state index in [9.17, 15) is 0 Å². The third kappa shape index (κ3) is 3.37. The highest BCUT2D eigenvalue weighted by molar-refractivity contribution is 5.49. The molecule has 0 saturated heterocycles. The van der Waals surface area contributed by atoms with Gasteiger partial charge in [-0.25, -0.2) is 0 Å². The van der Waals surface area contributed by atoms with Crippen LogP contribution in [0.3, 0.4) is 0 Å². The van der Waals surface area contributed by atoms with Crippen LogP contribution < -0.4 is 15.2 Å². The van der Waals surface area contributed by atoms with Gasteiger partial charge in [0, 0.05) is 6.07 Å². The first-order chi connectivity index (χ1) is 9.20. The highest BCUT2D eigenvalue weighted by atomic mass is 16.5. The summed E-state index contributed by atoms with van der Waals surface area (Å²) in [6.45, 7) is 4.39. The molecule has 0 amide bonds. The summed E-state index contributed by atoms with van der Waals surface area (Å²) in [5.74, 6) is 0.925. The SMILES string of the molecule is CCOc1nc(OC(C)c2ccccc2)ccc1N. The summed E-state index contributed by atoms with van der Waals surface area (Å²) in [5.41, 5.74) is 7.39. The summed E-state index contributed by atoms with van der Waals surface area (Å²) in [6, 6.07) is 13.5. The lowest BCUT2D eigenvalue weighted by Gasteiger charge is -2.15. The summed E-state index contributed by atoms with van der Waals surface area (Å²) < 4.78 is 11.1. The lowest BCUT2D eigenvalue weighted by atomic mass is 10.1. The van der Waals surface area contributed by atoms with Gasteiger partial charge in [0.15, 0.2) is 0 Å². The van der Waals surface area contributed by atoms with Crippen LogP contribution in [0.25, 0.3) is 0 Å². The van der Waals surface area contributed by atoms with E-state index in [2.05, 4.69) is 4.98 Å². The predicted molar refractivity (Wildman–Crippen MR) is 75.3 cm³/mol. The zero-order valence-corrected chi connectivity index (χ0v) is 11.2. The summed E-state index contributed by atoms with van der Waals surface area (Å²) >= 11 is 0. The molecule has 100 valence electrons. The number of hydrogen-bond acceptors (Lipinski definition) is 4. The van der Waals surface area contributed by atoms with E-state index in [1.165, 1.54) is 0 Å². The predicted octanol–water partition coefficient (Wildman–Crippen LogP) is 3.20. The zero-order valence-electron chi connectivity index (χ0n) is 11.2. The molecule has 0 radical (unpaired) electrons. The molecule has 2 N–H and O–H groups in total. The van der Waals surface area contributed by atoms with Crippen molar-refractivity contribution in [3.8, 4) is 11.8 Å². The molecule has 1 unspecified atom stereocenters. The van der Waals surface area contributed by atoms with E-state index >= 15 is 0 Å². The Bertz CT molecular complexity index is 529. The number of ether oxygens (including phenoxy) is 2. The van der Waals surface area contributed by atoms with Crippen molar-refractivity contribution in [2.45, 2.75) is 20.0 Å². The minimum Gasteiger partial charge on any atom is -0.476 e. The smallest absolute Gasteiger partial charge is 0.240 e. The van der Waals surface area contributed by atoms with Crippen molar-refractivity contribution in [1.29, 1.82) is 0 Å².